The monoisotopic (exact) mass is 598 g/mol. The minimum absolute atomic E-state index is 0.0677. The van der Waals surface area contributed by atoms with Crippen molar-refractivity contribution in [3.05, 3.63) is 53.1 Å². The average molecular weight is 599 g/mol. The third-order valence-corrected chi connectivity index (χ3v) is 8.53. The minimum Gasteiger partial charge on any atom is -0.462 e. The van der Waals surface area contributed by atoms with E-state index >= 15 is 0 Å². The van der Waals surface area contributed by atoms with Crippen LogP contribution in [0.25, 0.3) is 10.1 Å². The van der Waals surface area contributed by atoms with Crippen LogP contribution < -0.4 is 9.80 Å². The molecule has 10 nitrogen and oxygen atoms in total. The van der Waals surface area contributed by atoms with Crippen LogP contribution in [-0.2, 0) is 36.6 Å². The Labute approximate surface area is 247 Å². The van der Waals surface area contributed by atoms with Gasteiger partial charge in [0.15, 0.2) is 0 Å². The molecule has 1 amide bonds. The van der Waals surface area contributed by atoms with Gasteiger partial charge in [-0.25, -0.2) is 9.59 Å². The number of aryl methyl sites for hydroxylation is 1. The van der Waals surface area contributed by atoms with Crippen LogP contribution in [0.3, 0.4) is 0 Å². The zero-order chi connectivity index (χ0) is 28.9. The van der Waals surface area contributed by atoms with Crippen molar-refractivity contribution < 1.29 is 28.6 Å². The molecule has 1 fully saturated rings. The smallest absolute Gasteiger partial charge is 0.462 e. The Morgan fingerprint density at radius 2 is 1.90 bits per heavy atom. The van der Waals surface area contributed by atoms with Crippen molar-refractivity contribution in [2.75, 3.05) is 61.3 Å². The summed E-state index contributed by atoms with van der Waals surface area (Å²) in [6.07, 6.45) is 0.138. The number of carbonyl (C=O) groups excluding carboxylic acids is 3. The molecule has 3 aromatic rings. The number of rotatable bonds is 10. The molecule has 1 saturated heterocycles. The van der Waals surface area contributed by atoms with E-state index in [0.717, 1.165) is 61.7 Å². The van der Waals surface area contributed by atoms with Gasteiger partial charge in [-0.3, -0.25) is 14.6 Å². The number of aromatic nitrogens is 1. The first-order valence-electron chi connectivity index (χ1n) is 13.6. The Hall–Kier alpha value is -3.35. The van der Waals surface area contributed by atoms with Crippen LogP contribution in [0.5, 0.6) is 0 Å². The summed E-state index contributed by atoms with van der Waals surface area (Å²) in [6.45, 7) is 8.39. The van der Waals surface area contributed by atoms with Gasteiger partial charge in [0.1, 0.15) is 11.8 Å². The second-order valence-corrected chi connectivity index (χ2v) is 11.6. The van der Waals surface area contributed by atoms with E-state index in [4.69, 9.17) is 18.6 Å². The number of carbonyl (C=O) groups is 3. The first-order valence-corrected chi connectivity index (χ1v) is 15.8. The maximum Gasteiger partial charge on any atom is 0.511 e. The van der Waals surface area contributed by atoms with Crippen LogP contribution in [0.1, 0.15) is 23.6 Å². The molecule has 1 atom stereocenters. The van der Waals surface area contributed by atoms with Crippen LogP contribution in [-0.4, -0.2) is 85.1 Å². The van der Waals surface area contributed by atoms with Crippen LogP contribution in [0.4, 0.5) is 16.3 Å². The molecule has 2 aromatic carbocycles. The molecule has 0 bridgehead atoms. The predicted molar refractivity (Wildman–Crippen MR) is 161 cm³/mol. The number of esters is 1. The molecule has 5 rings (SSSR count). The van der Waals surface area contributed by atoms with Gasteiger partial charge in [0.2, 0.25) is 5.91 Å². The number of amides is 1. The van der Waals surface area contributed by atoms with Gasteiger partial charge in [-0.1, -0.05) is 18.2 Å². The number of thioether (sulfide) groups is 1. The van der Waals surface area contributed by atoms with Gasteiger partial charge in [-0.15, -0.1) is 11.8 Å². The van der Waals surface area contributed by atoms with Gasteiger partial charge in [0.25, 0.3) is 6.23 Å². The third kappa shape index (κ3) is 6.44. The minimum atomic E-state index is -1.55. The van der Waals surface area contributed by atoms with Crippen molar-refractivity contribution in [2.45, 2.75) is 32.9 Å². The molecule has 0 N–H and O–H groups in total. The molecule has 1 unspecified atom stereocenters. The Kier molecular flexibility index (Phi) is 9.31. The molecule has 3 heterocycles. The summed E-state index contributed by atoms with van der Waals surface area (Å²) in [6, 6.07) is 12.3. The lowest BCUT2D eigenvalue weighted by Gasteiger charge is -2.35. The van der Waals surface area contributed by atoms with E-state index in [1.807, 2.05) is 25.1 Å². The van der Waals surface area contributed by atoms with Gasteiger partial charge in [-0.2, -0.15) is 4.37 Å². The van der Waals surface area contributed by atoms with Crippen molar-refractivity contribution in [1.29, 1.82) is 0 Å². The zero-order valence-electron chi connectivity index (χ0n) is 23.5. The quantitative estimate of drug-likeness (QED) is 0.249. The Bertz CT molecular complexity index is 1420. The maximum atomic E-state index is 13.1. The fraction of sp³-hybridized carbons (Fsp3) is 0.448. The SMILES string of the molecule is CCOC(=O)C(OC(=O)OCSC)N1C(=O)Cc2cc(CCN3CCN(c4nsc5ccccc45)CC3)c(C)cc21. The number of anilines is 2. The number of piperazine rings is 1. The number of hydrogen-bond acceptors (Lipinski definition) is 11. The van der Waals surface area contributed by atoms with Crippen LogP contribution in [0.2, 0.25) is 0 Å². The lowest BCUT2D eigenvalue weighted by atomic mass is 10.00. The van der Waals surface area contributed by atoms with Crippen LogP contribution >= 0.6 is 23.3 Å². The summed E-state index contributed by atoms with van der Waals surface area (Å²) in [7, 11) is 0. The molecule has 0 aliphatic carbocycles. The summed E-state index contributed by atoms with van der Waals surface area (Å²) in [5, 5.41) is 1.22. The zero-order valence-corrected chi connectivity index (χ0v) is 25.1. The van der Waals surface area contributed by atoms with Crippen LogP contribution in [0.15, 0.2) is 36.4 Å². The van der Waals surface area contributed by atoms with Crippen molar-refractivity contribution in [2.24, 2.45) is 0 Å². The number of fused-ring (bicyclic) bond motifs is 2. The molecule has 2 aliphatic rings. The van der Waals surface area contributed by atoms with E-state index in [9.17, 15) is 14.4 Å². The first-order chi connectivity index (χ1) is 19.9. The van der Waals surface area contributed by atoms with Gasteiger partial charge < -0.3 is 19.1 Å². The maximum absolute atomic E-state index is 13.1. The Balaban J connectivity index is 1.23. The highest BCUT2D eigenvalue weighted by Gasteiger charge is 2.41. The van der Waals surface area contributed by atoms with Gasteiger partial charge in [-0.05, 0) is 72.9 Å². The topological polar surface area (TPSA) is 102 Å². The van der Waals surface area contributed by atoms with E-state index in [1.165, 1.54) is 26.7 Å². The summed E-state index contributed by atoms with van der Waals surface area (Å²) in [5.41, 5.74) is 3.50. The fourth-order valence-corrected chi connectivity index (χ4v) is 6.29. The lowest BCUT2D eigenvalue weighted by molar-refractivity contribution is -0.155. The molecule has 12 heteroatoms. The molecule has 0 saturated carbocycles. The van der Waals surface area contributed by atoms with Gasteiger partial charge in [0.05, 0.1) is 23.4 Å². The molecule has 2 aliphatic heterocycles. The summed E-state index contributed by atoms with van der Waals surface area (Å²) >= 11 is 2.84. The van der Waals surface area contributed by atoms with E-state index in [-0.39, 0.29) is 24.9 Å². The average Bonchev–Trinajstić information content (AvgIpc) is 3.54. The third-order valence-electron chi connectivity index (χ3n) is 7.36. The molecular weight excluding hydrogens is 564 g/mol. The van der Waals surface area contributed by atoms with E-state index < -0.39 is 18.4 Å². The van der Waals surface area contributed by atoms with Crippen molar-refractivity contribution in [3.63, 3.8) is 0 Å². The van der Waals surface area contributed by atoms with E-state index in [1.54, 1.807) is 24.7 Å². The Morgan fingerprint density at radius 3 is 2.66 bits per heavy atom. The van der Waals surface area contributed by atoms with E-state index in [0.29, 0.717) is 5.69 Å². The number of benzene rings is 2. The largest absolute Gasteiger partial charge is 0.511 e. The first kappa shape index (κ1) is 29.2. The summed E-state index contributed by atoms with van der Waals surface area (Å²) in [5.74, 6) is -0.00564. The number of nitrogens with zero attached hydrogens (tertiary/aromatic N) is 4. The summed E-state index contributed by atoms with van der Waals surface area (Å²) < 4.78 is 21.3. The molecule has 1 aromatic heterocycles. The number of hydrogen-bond donors (Lipinski definition) is 0. The lowest BCUT2D eigenvalue weighted by Crippen LogP contribution is -2.47. The van der Waals surface area contributed by atoms with Crippen LogP contribution in [0, 0.1) is 6.92 Å². The molecule has 41 heavy (non-hydrogen) atoms. The molecule has 218 valence electrons. The van der Waals surface area contributed by atoms with Gasteiger partial charge in [0, 0.05) is 38.1 Å². The van der Waals surface area contributed by atoms with Crippen molar-refractivity contribution >= 4 is 62.9 Å². The highest BCUT2D eigenvalue weighted by atomic mass is 32.2. The Morgan fingerprint density at radius 1 is 1.12 bits per heavy atom. The second-order valence-electron chi connectivity index (χ2n) is 9.95. The highest BCUT2D eigenvalue weighted by Crippen LogP contribution is 2.35. The molecule has 0 radical (unpaired) electrons. The molecule has 0 spiro atoms. The second kappa shape index (κ2) is 13.1. The number of ether oxygens (including phenoxy) is 3. The van der Waals surface area contributed by atoms with Crippen molar-refractivity contribution in [3.8, 4) is 0 Å². The van der Waals surface area contributed by atoms with E-state index in [2.05, 4.69) is 28.0 Å². The normalized spacial score (nSPS) is 16.1. The van der Waals surface area contributed by atoms with Crippen molar-refractivity contribution in [1.82, 2.24) is 9.27 Å². The predicted octanol–water partition coefficient (Wildman–Crippen LogP) is 4.22. The molecular formula is C29H34N4O6S2. The van der Waals surface area contributed by atoms with Gasteiger partial charge >= 0.3 is 12.1 Å². The fourth-order valence-electron chi connectivity index (χ4n) is 5.28. The highest BCUT2D eigenvalue weighted by molar-refractivity contribution is 7.98. The summed E-state index contributed by atoms with van der Waals surface area (Å²) in [4.78, 5) is 44.0. The standard InChI is InChI=1S/C29H34N4O6S2/c1-4-37-28(35)27(39-29(36)38-18-40-3)33-23-15-19(2)20(16-21(23)17-25(33)34)9-10-31-11-13-32(14-12-31)26-22-7-5-6-8-24(22)41-30-26/h5-8,15-16,27H,4,9-14,17-18H2,1-3H3.